The van der Waals surface area contributed by atoms with Crippen LogP contribution in [0.2, 0.25) is 0 Å². The second-order valence-electron chi connectivity index (χ2n) is 4.91. The molecule has 0 aromatic heterocycles. The standard InChI is InChI=1S/C15H26N2O/c1-13(12-17(3)10-11-18-4)15(16-2)14-8-6-5-7-9-14/h5-9,13,15-16H,10-12H2,1-4H3. The van der Waals surface area contributed by atoms with Gasteiger partial charge in [-0.1, -0.05) is 37.3 Å². The highest BCUT2D eigenvalue weighted by molar-refractivity contribution is 5.19. The van der Waals surface area contributed by atoms with Gasteiger partial charge < -0.3 is 15.0 Å². The molecule has 0 saturated heterocycles. The quantitative estimate of drug-likeness (QED) is 0.765. The van der Waals surface area contributed by atoms with E-state index in [-0.39, 0.29) is 0 Å². The van der Waals surface area contributed by atoms with E-state index in [2.05, 4.69) is 54.5 Å². The van der Waals surface area contributed by atoms with Gasteiger partial charge in [-0.2, -0.15) is 0 Å². The second-order valence-corrected chi connectivity index (χ2v) is 4.91. The van der Waals surface area contributed by atoms with Crippen LogP contribution in [-0.4, -0.2) is 45.8 Å². The highest BCUT2D eigenvalue weighted by Crippen LogP contribution is 2.21. The molecule has 1 aromatic carbocycles. The fraction of sp³-hybridized carbons (Fsp3) is 0.600. The van der Waals surface area contributed by atoms with Crippen LogP contribution in [0.4, 0.5) is 0 Å². The first-order valence-corrected chi connectivity index (χ1v) is 6.58. The van der Waals surface area contributed by atoms with Crippen LogP contribution in [0.5, 0.6) is 0 Å². The molecule has 0 spiro atoms. The molecule has 3 nitrogen and oxygen atoms in total. The lowest BCUT2D eigenvalue weighted by molar-refractivity contribution is 0.149. The summed E-state index contributed by atoms with van der Waals surface area (Å²) in [7, 11) is 5.92. The average molecular weight is 250 g/mol. The van der Waals surface area contributed by atoms with Gasteiger partial charge in [0.2, 0.25) is 0 Å². The lowest BCUT2D eigenvalue weighted by atomic mass is 9.94. The minimum absolute atomic E-state index is 0.399. The lowest BCUT2D eigenvalue weighted by Gasteiger charge is -2.28. The summed E-state index contributed by atoms with van der Waals surface area (Å²) >= 11 is 0. The Morgan fingerprint density at radius 3 is 2.50 bits per heavy atom. The molecule has 0 fully saturated rings. The van der Waals surface area contributed by atoms with Crippen molar-refractivity contribution >= 4 is 0 Å². The Kier molecular flexibility index (Phi) is 6.94. The molecule has 2 unspecified atom stereocenters. The van der Waals surface area contributed by atoms with E-state index in [1.807, 2.05) is 7.05 Å². The number of benzene rings is 1. The molecule has 18 heavy (non-hydrogen) atoms. The Hall–Kier alpha value is -0.900. The lowest BCUT2D eigenvalue weighted by Crippen LogP contribution is -2.34. The number of hydrogen-bond acceptors (Lipinski definition) is 3. The van der Waals surface area contributed by atoms with Crippen molar-refractivity contribution < 1.29 is 4.74 Å². The number of nitrogens with one attached hydrogen (secondary N) is 1. The molecule has 0 radical (unpaired) electrons. The zero-order valence-corrected chi connectivity index (χ0v) is 12.0. The van der Waals surface area contributed by atoms with Crippen molar-refractivity contribution in [2.45, 2.75) is 13.0 Å². The second kappa shape index (κ2) is 8.25. The van der Waals surface area contributed by atoms with Crippen molar-refractivity contribution in [3.63, 3.8) is 0 Å². The number of ether oxygens (including phenoxy) is 1. The van der Waals surface area contributed by atoms with Gasteiger partial charge in [-0.15, -0.1) is 0 Å². The van der Waals surface area contributed by atoms with E-state index >= 15 is 0 Å². The van der Waals surface area contributed by atoms with Crippen molar-refractivity contribution in [1.29, 1.82) is 0 Å². The minimum atomic E-state index is 0.399. The summed E-state index contributed by atoms with van der Waals surface area (Å²) in [5.41, 5.74) is 1.35. The van der Waals surface area contributed by atoms with Crippen LogP contribution in [0.1, 0.15) is 18.5 Å². The van der Waals surface area contributed by atoms with Crippen molar-refractivity contribution in [3.8, 4) is 0 Å². The minimum Gasteiger partial charge on any atom is -0.383 e. The Morgan fingerprint density at radius 1 is 1.28 bits per heavy atom. The zero-order chi connectivity index (χ0) is 13.4. The smallest absolute Gasteiger partial charge is 0.0589 e. The van der Waals surface area contributed by atoms with Gasteiger partial charge in [0, 0.05) is 26.2 Å². The van der Waals surface area contributed by atoms with E-state index in [1.54, 1.807) is 7.11 Å². The largest absolute Gasteiger partial charge is 0.383 e. The van der Waals surface area contributed by atoms with Crippen LogP contribution in [0.15, 0.2) is 30.3 Å². The average Bonchev–Trinajstić information content (AvgIpc) is 2.38. The van der Waals surface area contributed by atoms with Crippen molar-refractivity contribution in [1.82, 2.24) is 10.2 Å². The SMILES string of the molecule is CNC(c1ccccc1)C(C)CN(C)CCOC. The van der Waals surface area contributed by atoms with Crippen LogP contribution in [-0.2, 0) is 4.74 Å². The highest BCUT2D eigenvalue weighted by Gasteiger charge is 2.18. The summed E-state index contributed by atoms with van der Waals surface area (Å²) in [6.07, 6.45) is 0. The molecule has 0 aliphatic carbocycles. The summed E-state index contributed by atoms with van der Waals surface area (Å²) in [6, 6.07) is 11.0. The fourth-order valence-corrected chi connectivity index (χ4v) is 2.38. The topological polar surface area (TPSA) is 24.5 Å². The van der Waals surface area contributed by atoms with E-state index in [1.165, 1.54) is 5.56 Å². The van der Waals surface area contributed by atoms with E-state index in [9.17, 15) is 0 Å². The van der Waals surface area contributed by atoms with Gasteiger partial charge in [-0.05, 0) is 25.6 Å². The molecule has 1 N–H and O–H groups in total. The Balaban J connectivity index is 2.55. The molecular weight excluding hydrogens is 224 g/mol. The molecule has 1 rings (SSSR count). The predicted molar refractivity (Wildman–Crippen MR) is 76.8 cm³/mol. The van der Waals surface area contributed by atoms with Gasteiger partial charge in [0.15, 0.2) is 0 Å². The number of likely N-dealkylation sites (N-methyl/N-ethyl adjacent to an activating group) is 1. The molecule has 3 heteroatoms. The third-order valence-corrected chi connectivity index (χ3v) is 3.32. The number of methoxy groups -OCH3 is 1. The van der Waals surface area contributed by atoms with E-state index in [0.29, 0.717) is 12.0 Å². The van der Waals surface area contributed by atoms with Gasteiger partial charge in [0.1, 0.15) is 0 Å². The highest BCUT2D eigenvalue weighted by atomic mass is 16.5. The number of rotatable bonds is 8. The molecular formula is C15H26N2O. The van der Waals surface area contributed by atoms with E-state index < -0.39 is 0 Å². The fourth-order valence-electron chi connectivity index (χ4n) is 2.38. The van der Waals surface area contributed by atoms with Gasteiger partial charge >= 0.3 is 0 Å². The first kappa shape index (κ1) is 15.2. The zero-order valence-electron chi connectivity index (χ0n) is 12.0. The monoisotopic (exact) mass is 250 g/mol. The van der Waals surface area contributed by atoms with Crippen molar-refractivity contribution in [2.75, 3.05) is 40.9 Å². The Labute approximate surface area is 111 Å². The van der Waals surface area contributed by atoms with Gasteiger partial charge in [-0.3, -0.25) is 0 Å². The summed E-state index contributed by atoms with van der Waals surface area (Å²) in [5, 5.41) is 3.42. The molecule has 0 bridgehead atoms. The van der Waals surface area contributed by atoms with Crippen molar-refractivity contribution in [3.05, 3.63) is 35.9 Å². The van der Waals surface area contributed by atoms with E-state index in [4.69, 9.17) is 4.74 Å². The molecule has 0 aliphatic rings. The van der Waals surface area contributed by atoms with Gasteiger partial charge in [0.25, 0.3) is 0 Å². The molecule has 0 saturated carbocycles. The van der Waals surface area contributed by atoms with Crippen molar-refractivity contribution in [2.24, 2.45) is 5.92 Å². The first-order valence-electron chi connectivity index (χ1n) is 6.58. The Morgan fingerprint density at radius 2 is 1.94 bits per heavy atom. The summed E-state index contributed by atoms with van der Waals surface area (Å²) < 4.78 is 5.11. The summed E-state index contributed by atoms with van der Waals surface area (Å²) in [5.74, 6) is 0.555. The van der Waals surface area contributed by atoms with Gasteiger partial charge in [-0.25, -0.2) is 0 Å². The molecule has 2 atom stereocenters. The molecule has 102 valence electrons. The van der Waals surface area contributed by atoms with Crippen LogP contribution >= 0.6 is 0 Å². The number of nitrogens with zero attached hydrogens (tertiary/aromatic N) is 1. The van der Waals surface area contributed by atoms with Crippen LogP contribution in [0.3, 0.4) is 0 Å². The molecule has 1 aromatic rings. The normalized spacial score (nSPS) is 14.7. The third kappa shape index (κ3) is 4.77. The summed E-state index contributed by atoms with van der Waals surface area (Å²) in [6.45, 7) is 5.12. The molecule has 0 aliphatic heterocycles. The maximum absolute atomic E-state index is 5.11. The Bertz CT molecular complexity index is 316. The van der Waals surface area contributed by atoms with Crippen LogP contribution < -0.4 is 5.32 Å². The maximum Gasteiger partial charge on any atom is 0.0589 e. The van der Waals surface area contributed by atoms with Crippen LogP contribution in [0, 0.1) is 5.92 Å². The molecule has 0 heterocycles. The van der Waals surface area contributed by atoms with E-state index in [0.717, 1.165) is 19.7 Å². The van der Waals surface area contributed by atoms with Gasteiger partial charge in [0.05, 0.1) is 6.61 Å². The third-order valence-electron chi connectivity index (χ3n) is 3.32. The summed E-state index contributed by atoms with van der Waals surface area (Å²) in [4.78, 5) is 2.32. The predicted octanol–water partition coefficient (Wildman–Crippen LogP) is 2.16. The first-order chi connectivity index (χ1) is 8.69. The number of hydrogen-bond donors (Lipinski definition) is 1. The van der Waals surface area contributed by atoms with Crippen LogP contribution in [0.25, 0.3) is 0 Å². The maximum atomic E-state index is 5.11. The molecule has 0 amide bonds.